The lowest BCUT2D eigenvalue weighted by molar-refractivity contribution is 0.0942. The van der Waals surface area contributed by atoms with Gasteiger partial charge in [-0.05, 0) is 41.1 Å². The maximum Gasteiger partial charge on any atom is 0.252 e. The number of hydrogen-bond acceptors (Lipinski definition) is 4. The number of carbonyl (C=O) groups excluding carboxylic acids is 1. The summed E-state index contributed by atoms with van der Waals surface area (Å²) in [6, 6.07) is 4.58. The molecule has 1 N–H and O–H groups in total. The number of nitrogens with one attached hydrogen (secondary N) is 1. The second-order valence-electron chi connectivity index (χ2n) is 4.42. The molecule has 1 aromatic rings. The molecule has 1 aromatic carbocycles. The quantitative estimate of drug-likeness (QED) is 0.838. The lowest BCUT2D eigenvalue weighted by Crippen LogP contribution is -2.38. The number of carbonyl (C=O) groups is 1. The molecule has 0 radical (unpaired) electrons. The number of sulfone groups is 1. The Morgan fingerprint density at radius 1 is 1.45 bits per heavy atom. The van der Waals surface area contributed by atoms with Crippen molar-refractivity contribution in [2.75, 3.05) is 18.6 Å². The van der Waals surface area contributed by atoms with Crippen molar-refractivity contribution in [3.05, 3.63) is 28.2 Å². The summed E-state index contributed by atoms with van der Waals surface area (Å²) in [5.74, 6) is 0.217. The minimum Gasteiger partial charge on any atom is -0.497 e. The third kappa shape index (κ3) is 4.79. The molecule has 0 fully saturated rings. The summed E-state index contributed by atoms with van der Waals surface area (Å²) in [6.07, 6.45) is 0. The van der Waals surface area contributed by atoms with Crippen LogP contribution in [0.2, 0.25) is 0 Å². The van der Waals surface area contributed by atoms with Crippen LogP contribution in [0.25, 0.3) is 0 Å². The van der Waals surface area contributed by atoms with Crippen molar-refractivity contribution in [1.82, 2.24) is 5.32 Å². The first-order valence-corrected chi connectivity index (χ1v) is 8.75. The van der Waals surface area contributed by atoms with Gasteiger partial charge in [0.15, 0.2) is 9.84 Å². The van der Waals surface area contributed by atoms with Crippen LogP contribution in [0.15, 0.2) is 22.7 Å². The van der Waals surface area contributed by atoms with Gasteiger partial charge in [-0.15, -0.1) is 0 Å². The van der Waals surface area contributed by atoms with E-state index >= 15 is 0 Å². The van der Waals surface area contributed by atoms with E-state index in [4.69, 9.17) is 4.74 Å². The first-order chi connectivity index (χ1) is 9.29. The molecule has 1 rings (SSSR count). The number of hydrogen-bond donors (Lipinski definition) is 1. The van der Waals surface area contributed by atoms with Crippen molar-refractivity contribution >= 4 is 31.7 Å². The van der Waals surface area contributed by atoms with Gasteiger partial charge in [-0.1, -0.05) is 6.92 Å². The highest BCUT2D eigenvalue weighted by Gasteiger charge is 2.18. The number of halogens is 1. The summed E-state index contributed by atoms with van der Waals surface area (Å²) in [6.45, 7) is 3.25. The highest BCUT2D eigenvalue weighted by atomic mass is 79.9. The second kappa shape index (κ2) is 7.08. The van der Waals surface area contributed by atoms with Crippen LogP contribution in [-0.2, 0) is 9.84 Å². The van der Waals surface area contributed by atoms with Crippen molar-refractivity contribution in [1.29, 1.82) is 0 Å². The molecule has 0 spiro atoms. The zero-order valence-corrected chi connectivity index (χ0v) is 14.0. The molecule has 20 heavy (non-hydrogen) atoms. The Morgan fingerprint density at radius 3 is 2.65 bits per heavy atom. The normalized spacial score (nSPS) is 12.8. The fourth-order valence-electron chi connectivity index (χ4n) is 1.65. The average Bonchev–Trinajstić information content (AvgIpc) is 2.38. The Labute approximate surface area is 127 Å². The maximum absolute atomic E-state index is 12.1. The van der Waals surface area contributed by atoms with E-state index in [-0.39, 0.29) is 17.4 Å². The Kier molecular flexibility index (Phi) is 6.01. The highest BCUT2D eigenvalue weighted by molar-refractivity contribution is 9.10. The van der Waals surface area contributed by atoms with Crippen LogP contribution in [-0.4, -0.2) is 39.0 Å². The van der Waals surface area contributed by atoms with Crippen molar-refractivity contribution in [2.24, 2.45) is 0 Å². The van der Waals surface area contributed by atoms with E-state index in [1.54, 1.807) is 32.0 Å². The average molecular weight is 364 g/mol. The third-order valence-corrected chi connectivity index (χ3v) is 5.32. The minimum absolute atomic E-state index is 0.0655. The summed E-state index contributed by atoms with van der Waals surface area (Å²) in [7, 11) is -1.61. The van der Waals surface area contributed by atoms with E-state index in [9.17, 15) is 13.2 Å². The van der Waals surface area contributed by atoms with Gasteiger partial charge in [0.2, 0.25) is 0 Å². The largest absolute Gasteiger partial charge is 0.497 e. The topological polar surface area (TPSA) is 72.5 Å². The van der Waals surface area contributed by atoms with E-state index < -0.39 is 15.9 Å². The van der Waals surface area contributed by atoms with Crippen LogP contribution in [0, 0.1) is 0 Å². The van der Waals surface area contributed by atoms with Gasteiger partial charge >= 0.3 is 0 Å². The van der Waals surface area contributed by atoms with Crippen molar-refractivity contribution in [3.8, 4) is 5.75 Å². The molecule has 0 aliphatic rings. The van der Waals surface area contributed by atoms with Gasteiger partial charge in [-0.25, -0.2) is 8.42 Å². The highest BCUT2D eigenvalue weighted by Crippen LogP contribution is 2.22. The first kappa shape index (κ1) is 17.0. The van der Waals surface area contributed by atoms with E-state index in [0.29, 0.717) is 15.8 Å². The van der Waals surface area contributed by atoms with E-state index in [1.165, 1.54) is 7.11 Å². The van der Waals surface area contributed by atoms with Gasteiger partial charge < -0.3 is 10.1 Å². The molecular formula is C13H18BrNO4S. The lowest BCUT2D eigenvalue weighted by Gasteiger charge is -2.14. The van der Waals surface area contributed by atoms with Gasteiger partial charge in [-0.3, -0.25) is 4.79 Å². The molecule has 0 heterocycles. The van der Waals surface area contributed by atoms with Gasteiger partial charge in [-0.2, -0.15) is 0 Å². The summed E-state index contributed by atoms with van der Waals surface area (Å²) < 4.78 is 28.7. The first-order valence-electron chi connectivity index (χ1n) is 6.14. The SMILES string of the molecule is CCS(=O)(=O)CC(C)NC(=O)c1cc(OC)ccc1Br. The zero-order valence-electron chi connectivity index (χ0n) is 11.6. The number of rotatable bonds is 6. The number of ether oxygens (including phenoxy) is 1. The van der Waals surface area contributed by atoms with E-state index in [0.717, 1.165) is 0 Å². The molecule has 0 saturated heterocycles. The van der Waals surface area contributed by atoms with Crippen LogP contribution in [0.3, 0.4) is 0 Å². The summed E-state index contributed by atoms with van der Waals surface area (Å²) in [4.78, 5) is 12.1. The molecule has 1 unspecified atom stereocenters. The molecule has 112 valence electrons. The standard InChI is InChI=1S/C13H18BrNO4S/c1-4-20(17,18)8-9(2)15-13(16)11-7-10(19-3)5-6-12(11)14/h5-7,9H,4,8H2,1-3H3,(H,15,16). The Bertz CT molecular complexity index is 586. The van der Waals surface area contributed by atoms with Crippen LogP contribution in [0.4, 0.5) is 0 Å². The summed E-state index contributed by atoms with van der Waals surface area (Å²) in [5.41, 5.74) is 0.407. The molecule has 1 atom stereocenters. The molecular weight excluding hydrogens is 346 g/mol. The van der Waals surface area contributed by atoms with Crippen LogP contribution < -0.4 is 10.1 Å². The summed E-state index contributed by atoms with van der Waals surface area (Å²) in [5, 5.41) is 2.68. The van der Waals surface area contributed by atoms with Crippen molar-refractivity contribution in [2.45, 2.75) is 19.9 Å². The van der Waals surface area contributed by atoms with Crippen LogP contribution >= 0.6 is 15.9 Å². The molecule has 0 saturated carbocycles. The van der Waals surface area contributed by atoms with Crippen molar-refractivity contribution in [3.63, 3.8) is 0 Å². The van der Waals surface area contributed by atoms with Gasteiger partial charge in [0.05, 0.1) is 18.4 Å². The smallest absolute Gasteiger partial charge is 0.252 e. The molecule has 5 nitrogen and oxygen atoms in total. The van der Waals surface area contributed by atoms with Gasteiger partial charge in [0.1, 0.15) is 5.75 Å². The minimum atomic E-state index is -3.12. The maximum atomic E-state index is 12.1. The molecule has 0 aromatic heterocycles. The molecule has 0 bridgehead atoms. The van der Waals surface area contributed by atoms with Gasteiger partial charge in [0, 0.05) is 16.3 Å². The molecule has 7 heteroatoms. The number of benzene rings is 1. The van der Waals surface area contributed by atoms with Crippen molar-refractivity contribution < 1.29 is 17.9 Å². The summed E-state index contributed by atoms with van der Waals surface area (Å²) >= 11 is 3.29. The van der Waals surface area contributed by atoms with E-state index in [2.05, 4.69) is 21.2 Å². The second-order valence-corrected chi connectivity index (χ2v) is 7.67. The van der Waals surface area contributed by atoms with E-state index in [1.807, 2.05) is 0 Å². The Balaban J connectivity index is 2.81. The number of methoxy groups -OCH3 is 1. The Hall–Kier alpha value is -1.08. The Morgan fingerprint density at radius 2 is 2.10 bits per heavy atom. The molecule has 1 amide bonds. The molecule has 0 aliphatic heterocycles. The molecule has 0 aliphatic carbocycles. The zero-order chi connectivity index (χ0) is 15.3. The predicted octanol–water partition coefficient (Wildman–Crippen LogP) is 2.01. The predicted molar refractivity (Wildman–Crippen MR) is 82.0 cm³/mol. The fourth-order valence-corrected chi connectivity index (χ4v) is 3.15. The number of amides is 1. The lowest BCUT2D eigenvalue weighted by atomic mass is 10.2. The van der Waals surface area contributed by atoms with Crippen LogP contribution in [0.5, 0.6) is 5.75 Å². The van der Waals surface area contributed by atoms with Crippen LogP contribution in [0.1, 0.15) is 24.2 Å². The monoisotopic (exact) mass is 363 g/mol. The fraction of sp³-hybridized carbons (Fsp3) is 0.462. The van der Waals surface area contributed by atoms with Gasteiger partial charge in [0.25, 0.3) is 5.91 Å². The third-order valence-electron chi connectivity index (χ3n) is 2.74.